The minimum absolute atomic E-state index is 0.364. The maximum atomic E-state index is 5.73. The molecule has 2 N–H and O–H groups in total. The molecule has 110 valence electrons. The van der Waals surface area contributed by atoms with Crippen LogP contribution in [0.15, 0.2) is 23.0 Å². The highest BCUT2D eigenvalue weighted by atomic mass is 16.3. The van der Waals surface area contributed by atoms with Crippen molar-refractivity contribution in [2.45, 2.75) is 46.6 Å². The molecule has 0 spiro atoms. The molecule has 19 heavy (non-hydrogen) atoms. The summed E-state index contributed by atoms with van der Waals surface area (Å²) >= 11 is 0. The van der Waals surface area contributed by atoms with Gasteiger partial charge in [0, 0.05) is 12.1 Å². The number of nitrogens with two attached hydrogens (primary N) is 1. The molecule has 1 rings (SSSR count). The second-order valence-electron chi connectivity index (χ2n) is 6.65. The van der Waals surface area contributed by atoms with E-state index in [2.05, 4.69) is 32.7 Å². The second kappa shape index (κ2) is 7.71. The van der Waals surface area contributed by atoms with Crippen LogP contribution in [0.2, 0.25) is 0 Å². The van der Waals surface area contributed by atoms with Crippen molar-refractivity contribution < 1.29 is 4.42 Å². The van der Waals surface area contributed by atoms with Crippen LogP contribution >= 0.6 is 0 Å². The summed E-state index contributed by atoms with van der Waals surface area (Å²) < 4.78 is 5.09. The molecule has 0 amide bonds. The van der Waals surface area contributed by atoms with E-state index >= 15 is 0 Å². The van der Waals surface area contributed by atoms with Crippen LogP contribution in [-0.4, -0.2) is 25.0 Å². The molecule has 1 heterocycles. The molecule has 1 unspecified atom stereocenters. The summed E-state index contributed by atoms with van der Waals surface area (Å²) in [6.07, 6.45) is 7.19. The van der Waals surface area contributed by atoms with Gasteiger partial charge in [-0.1, -0.05) is 20.8 Å². The van der Waals surface area contributed by atoms with Crippen LogP contribution in [0, 0.1) is 11.3 Å². The number of hydrogen-bond acceptors (Lipinski definition) is 3. The van der Waals surface area contributed by atoms with Crippen LogP contribution in [0.1, 0.15) is 45.6 Å². The van der Waals surface area contributed by atoms with Crippen molar-refractivity contribution in [3.8, 4) is 0 Å². The fourth-order valence-corrected chi connectivity index (χ4v) is 2.59. The summed E-state index contributed by atoms with van der Waals surface area (Å²) in [6, 6.07) is 2.03. The smallest absolute Gasteiger partial charge is 0.0947 e. The molecule has 0 aliphatic carbocycles. The molecular weight excluding hydrogens is 236 g/mol. The van der Waals surface area contributed by atoms with E-state index in [4.69, 9.17) is 10.2 Å². The molecule has 0 aromatic carbocycles. The van der Waals surface area contributed by atoms with E-state index < -0.39 is 0 Å². The van der Waals surface area contributed by atoms with Crippen molar-refractivity contribution in [1.29, 1.82) is 0 Å². The first-order valence-electron chi connectivity index (χ1n) is 7.33. The molecule has 3 nitrogen and oxygen atoms in total. The van der Waals surface area contributed by atoms with Gasteiger partial charge in [0.1, 0.15) is 0 Å². The Labute approximate surface area is 118 Å². The fourth-order valence-electron chi connectivity index (χ4n) is 2.59. The number of rotatable bonds is 8. The molecular formula is C16H30N2O. The van der Waals surface area contributed by atoms with Gasteiger partial charge in [0.15, 0.2) is 0 Å². The number of nitrogens with zero attached hydrogens (tertiary/aromatic N) is 1. The Morgan fingerprint density at radius 1 is 1.32 bits per heavy atom. The molecule has 1 aromatic rings. The standard InChI is InChI=1S/C16H30N2O/c1-16(2,3)15(7-9-17)6-5-10-18(4)12-14-8-11-19-13-14/h8,11,13,15H,5-7,9-10,12,17H2,1-4H3. The lowest BCUT2D eigenvalue weighted by atomic mass is 9.76. The summed E-state index contributed by atoms with van der Waals surface area (Å²) in [5.74, 6) is 0.722. The maximum absolute atomic E-state index is 5.73. The second-order valence-corrected chi connectivity index (χ2v) is 6.65. The van der Waals surface area contributed by atoms with Gasteiger partial charge in [0.25, 0.3) is 0 Å². The molecule has 1 aromatic heterocycles. The van der Waals surface area contributed by atoms with E-state index in [1.165, 1.54) is 18.4 Å². The highest BCUT2D eigenvalue weighted by Crippen LogP contribution is 2.32. The normalized spacial score (nSPS) is 14.0. The SMILES string of the molecule is CN(CCCC(CCN)C(C)(C)C)Cc1ccoc1. The summed E-state index contributed by atoms with van der Waals surface area (Å²) in [6.45, 7) is 9.86. The maximum Gasteiger partial charge on any atom is 0.0947 e. The Kier molecular flexibility index (Phi) is 6.59. The zero-order valence-corrected chi connectivity index (χ0v) is 13.0. The van der Waals surface area contributed by atoms with Crippen LogP contribution in [-0.2, 0) is 6.54 Å². The Morgan fingerprint density at radius 2 is 2.05 bits per heavy atom. The highest BCUT2D eigenvalue weighted by Gasteiger charge is 2.23. The van der Waals surface area contributed by atoms with E-state index in [0.717, 1.165) is 32.0 Å². The summed E-state index contributed by atoms with van der Waals surface area (Å²) in [4.78, 5) is 2.35. The van der Waals surface area contributed by atoms with Crippen LogP contribution < -0.4 is 5.73 Å². The van der Waals surface area contributed by atoms with Crippen LogP contribution in [0.3, 0.4) is 0 Å². The summed E-state index contributed by atoms with van der Waals surface area (Å²) in [5, 5.41) is 0. The summed E-state index contributed by atoms with van der Waals surface area (Å²) in [7, 11) is 2.17. The Hall–Kier alpha value is -0.800. The number of hydrogen-bond donors (Lipinski definition) is 1. The number of furan rings is 1. The molecule has 0 bridgehead atoms. The lowest BCUT2D eigenvalue weighted by Crippen LogP contribution is -2.25. The molecule has 1 atom stereocenters. The zero-order valence-electron chi connectivity index (χ0n) is 13.0. The Morgan fingerprint density at radius 3 is 2.58 bits per heavy atom. The van der Waals surface area contributed by atoms with Gasteiger partial charge in [-0.25, -0.2) is 0 Å². The van der Waals surface area contributed by atoms with Gasteiger partial charge in [-0.05, 0) is 56.8 Å². The first kappa shape index (κ1) is 16.3. The topological polar surface area (TPSA) is 42.4 Å². The van der Waals surface area contributed by atoms with Gasteiger partial charge in [0.05, 0.1) is 12.5 Å². The van der Waals surface area contributed by atoms with Crippen molar-refractivity contribution >= 4 is 0 Å². The molecule has 0 aliphatic heterocycles. The third-order valence-electron chi connectivity index (χ3n) is 3.86. The lowest BCUT2D eigenvalue weighted by Gasteiger charge is -2.31. The van der Waals surface area contributed by atoms with Gasteiger partial charge in [-0.15, -0.1) is 0 Å². The fraction of sp³-hybridized carbons (Fsp3) is 0.750. The van der Waals surface area contributed by atoms with Crippen LogP contribution in [0.25, 0.3) is 0 Å². The molecule has 0 aliphatic rings. The predicted octanol–water partition coefficient (Wildman–Crippen LogP) is 3.50. The monoisotopic (exact) mass is 266 g/mol. The van der Waals surface area contributed by atoms with Gasteiger partial charge in [-0.2, -0.15) is 0 Å². The molecule has 0 fully saturated rings. The molecule has 0 saturated carbocycles. The van der Waals surface area contributed by atoms with Crippen molar-refractivity contribution in [3.63, 3.8) is 0 Å². The minimum atomic E-state index is 0.364. The van der Waals surface area contributed by atoms with Crippen molar-refractivity contribution in [1.82, 2.24) is 4.90 Å². The van der Waals surface area contributed by atoms with E-state index in [9.17, 15) is 0 Å². The average molecular weight is 266 g/mol. The van der Waals surface area contributed by atoms with E-state index in [0.29, 0.717) is 5.41 Å². The van der Waals surface area contributed by atoms with Crippen molar-refractivity contribution in [3.05, 3.63) is 24.2 Å². The van der Waals surface area contributed by atoms with Crippen LogP contribution in [0.5, 0.6) is 0 Å². The van der Waals surface area contributed by atoms with Crippen molar-refractivity contribution in [2.24, 2.45) is 17.1 Å². The lowest BCUT2D eigenvalue weighted by molar-refractivity contribution is 0.199. The first-order valence-corrected chi connectivity index (χ1v) is 7.33. The Bertz CT molecular complexity index is 327. The van der Waals surface area contributed by atoms with E-state index in [-0.39, 0.29) is 0 Å². The molecule has 0 radical (unpaired) electrons. The van der Waals surface area contributed by atoms with E-state index in [1.54, 1.807) is 6.26 Å². The van der Waals surface area contributed by atoms with E-state index in [1.807, 2.05) is 12.3 Å². The third-order valence-corrected chi connectivity index (χ3v) is 3.86. The third kappa shape index (κ3) is 6.26. The molecule has 0 saturated heterocycles. The Balaban J connectivity index is 2.27. The van der Waals surface area contributed by atoms with Gasteiger partial charge < -0.3 is 15.1 Å². The largest absolute Gasteiger partial charge is 0.472 e. The van der Waals surface area contributed by atoms with Gasteiger partial charge in [0.2, 0.25) is 0 Å². The predicted molar refractivity (Wildman–Crippen MR) is 80.9 cm³/mol. The highest BCUT2D eigenvalue weighted by molar-refractivity contribution is 5.04. The van der Waals surface area contributed by atoms with Gasteiger partial charge in [-0.3, -0.25) is 0 Å². The average Bonchev–Trinajstić information content (AvgIpc) is 2.79. The summed E-state index contributed by atoms with van der Waals surface area (Å²) in [5.41, 5.74) is 7.34. The quantitative estimate of drug-likeness (QED) is 0.783. The minimum Gasteiger partial charge on any atom is -0.472 e. The van der Waals surface area contributed by atoms with Crippen molar-refractivity contribution in [2.75, 3.05) is 20.1 Å². The first-order chi connectivity index (χ1) is 8.93. The van der Waals surface area contributed by atoms with Crippen LogP contribution in [0.4, 0.5) is 0 Å². The zero-order chi connectivity index (χ0) is 14.3. The molecule has 3 heteroatoms. The van der Waals surface area contributed by atoms with Gasteiger partial charge >= 0.3 is 0 Å².